The van der Waals surface area contributed by atoms with E-state index in [1.165, 1.54) is 35.7 Å². The van der Waals surface area contributed by atoms with E-state index in [0.717, 1.165) is 38.8 Å². The van der Waals surface area contributed by atoms with Gasteiger partial charge in [-0.2, -0.15) is 0 Å². The van der Waals surface area contributed by atoms with Crippen molar-refractivity contribution in [1.82, 2.24) is 30.0 Å². The first kappa shape index (κ1) is 28.6. The second-order valence-electron chi connectivity index (χ2n) is 7.70. The molecule has 4 heterocycles. The van der Waals surface area contributed by atoms with Crippen LogP contribution in [0.15, 0.2) is 53.2 Å². The van der Waals surface area contributed by atoms with Gasteiger partial charge in [0.1, 0.15) is 29.9 Å². The largest absolute Gasteiger partial charge is 0.477 e. The lowest BCUT2D eigenvalue weighted by Crippen LogP contribution is -2.71. The van der Waals surface area contributed by atoms with Crippen molar-refractivity contribution < 1.29 is 29.5 Å². The van der Waals surface area contributed by atoms with Crippen LogP contribution < -0.4 is 22.2 Å². The number of nitrogens with two attached hydrogens (primary N) is 1. The van der Waals surface area contributed by atoms with E-state index in [2.05, 4.69) is 30.8 Å². The highest BCUT2D eigenvalue weighted by atomic mass is 32.2. The molecular formula is C20H19N9O8S3. The van der Waals surface area contributed by atoms with E-state index in [0.29, 0.717) is 0 Å². The van der Waals surface area contributed by atoms with Gasteiger partial charge in [-0.1, -0.05) is 16.9 Å². The van der Waals surface area contributed by atoms with Crippen molar-refractivity contribution in [2.75, 3.05) is 18.6 Å². The van der Waals surface area contributed by atoms with Crippen molar-refractivity contribution in [3.05, 3.63) is 54.5 Å². The maximum Gasteiger partial charge on any atom is 0.352 e. The van der Waals surface area contributed by atoms with Crippen molar-refractivity contribution in [3.8, 4) is 0 Å². The molecule has 40 heavy (non-hydrogen) atoms. The van der Waals surface area contributed by atoms with Gasteiger partial charge in [0.15, 0.2) is 16.0 Å². The molecule has 210 valence electrons. The fraction of sp³-hybridized carbons (Fsp3) is 0.250. The number of aromatic nitrogens is 4. The average Bonchev–Trinajstić information content (AvgIpc) is 3.36. The number of carbonyl (C=O) groups excluding carboxylic acids is 2. The Balaban J connectivity index is 1.52. The molecule has 17 nitrogen and oxygen atoms in total. The van der Waals surface area contributed by atoms with Crippen molar-refractivity contribution in [2.45, 2.75) is 23.1 Å². The molecule has 0 radical (unpaired) electrons. The van der Waals surface area contributed by atoms with Gasteiger partial charge in [-0.05, 0) is 17.1 Å². The second-order valence-corrected chi connectivity index (χ2v) is 10.6. The van der Waals surface area contributed by atoms with E-state index >= 15 is 0 Å². The number of nitrogen functional groups attached to an aromatic ring is 1. The number of nitrogens with one attached hydrogen (secondary N) is 2. The van der Waals surface area contributed by atoms with Gasteiger partial charge < -0.3 is 26.2 Å². The Morgan fingerprint density at radius 3 is 2.83 bits per heavy atom. The number of hydrogen-bond acceptors (Lipinski definition) is 15. The van der Waals surface area contributed by atoms with E-state index in [-0.39, 0.29) is 45.3 Å². The summed E-state index contributed by atoms with van der Waals surface area (Å²) in [6.07, 6.45) is 2.43. The number of allylic oxidation sites excluding steroid dienone is 1. The highest BCUT2D eigenvalue weighted by Crippen LogP contribution is 2.41. The number of thioether (sulfide) groups is 2. The molecule has 6 N–H and O–H groups in total. The Labute approximate surface area is 235 Å². The number of oxime groups is 2. The van der Waals surface area contributed by atoms with E-state index < -0.39 is 40.3 Å². The fourth-order valence-electron chi connectivity index (χ4n) is 3.64. The number of aliphatic carboxylic acids is 1. The first-order valence-electron chi connectivity index (χ1n) is 10.9. The number of amides is 2. The third kappa shape index (κ3) is 5.62. The first-order valence-corrected chi connectivity index (χ1v) is 13.7. The zero-order chi connectivity index (χ0) is 29.0. The normalized spacial score (nSPS) is 19.2. The molecule has 2 amide bonds. The number of rotatable bonds is 10. The topological polar surface area (TPSA) is 248 Å². The minimum Gasteiger partial charge on any atom is -0.477 e. The number of carboxylic acids is 1. The Bertz CT molecular complexity index is 1590. The summed E-state index contributed by atoms with van der Waals surface area (Å²) in [6.45, 7) is -0.231. The maximum absolute atomic E-state index is 13.0. The van der Waals surface area contributed by atoms with Gasteiger partial charge in [0.05, 0.1) is 12.8 Å². The molecule has 2 aliphatic rings. The fourth-order valence-corrected chi connectivity index (χ4v) is 6.24. The lowest BCUT2D eigenvalue weighted by molar-refractivity contribution is -0.150. The monoisotopic (exact) mass is 609 g/mol. The first-order chi connectivity index (χ1) is 19.2. The summed E-state index contributed by atoms with van der Waals surface area (Å²) in [5.74, 6) is -2.58. The molecule has 2 aromatic rings. The summed E-state index contributed by atoms with van der Waals surface area (Å²) in [6, 6.07) is -1.03. The van der Waals surface area contributed by atoms with Crippen molar-refractivity contribution in [2.24, 2.45) is 10.3 Å². The average molecular weight is 610 g/mol. The van der Waals surface area contributed by atoms with Crippen LogP contribution in [0.25, 0.3) is 0 Å². The predicted octanol–water partition coefficient (Wildman–Crippen LogP) is -1.17. The molecule has 20 heteroatoms. The standard InChI is InChI=1S/C20H19N9O8S3/c1-37-27-10(9-7-40-19(21)23-9)13(30)24-11-15(32)29-12(18(34)35)8(6-39-17(11)29)2-5-38-20-26-25-14(31)16(33)28(20)4-3-22-36/h2-3,5,7,11,17,36H,4,6H2,1H3,(H2,21,23)(H,24,30)(H,25,31)(H,34,35)/b5-2+,22-3+,27-10-. The highest BCUT2D eigenvalue weighted by molar-refractivity contribution is 8.02. The third-order valence-electron chi connectivity index (χ3n) is 5.36. The predicted molar refractivity (Wildman–Crippen MR) is 144 cm³/mol. The van der Waals surface area contributed by atoms with Gasteiger partial charge in [-0.15, -0.1) is 33.4 Å². The smallest absolute Gasteiger partial charge is 0.352 e. The second kappa shape index (κ2) is 12.2. The lowest BCUT2D eigenvalue weighted by Gasteiger charge is -2.49. The van der Waals surface area contributed by atoms with Crippen LogP contribution in [-0.2, 0) is 25.8 Å². The summed E-state index contributed by atoms with van der Waals surface area (Å²) >= 11 is 3.20. The van der Waals surface area contributed by atoms with Crippen LogP contribution in [0, 0.1) is 0 Å². The van der Waals surface area contributed by atoms with Crippen LogP contribution in [0.5, 0.6) is 0 Å². The van der Waals surface area contributed by atoms with Crippen molar-refractivity contribution in [1.29, 1.82) is 0 Å². The number of nitrogens with zero attached hydrogens (tertiary/aromatic N) is 6. The van der Waals surface area contributed by atoms with Crippen LogP contribution in [0.1, 0.15) is 5.69 Å². The molecular weight excluding hydrogens is 590 g/mol. The van der Waals surface area contributed by atoms with E-state index in [9.17, 15) is 29.1 Å². The number of carboxylic acid groups (broad SMARTS) is 1. The van der Waals surface area contributed by atoms with E-state index in [4.69, 9.17) is 15.8 Å². The van der Waals surface area contributed by atoms with Gasteiger partial charge in [0.2, 0.25) is 0 Å². The number of β-lactam (4-membered cyclic amide) rings is 1. The minimum atomic E-state index is -1.36. The van der Waals surface area contributed by atoms with Crippen LogP contribution in [0.4, 0.5) is 5.13 Å². The quantitative estimate of drug-likeness (QED) is 0.0532. The molecule has 2 aromatic heterocycles. The summed E-state index contributed by atoms with van der Waals surface area (Å²) < 4.78 is 0.957. The Kier molecular flexibility index (Phi) is 8.70. The number of anilines is 1. The highest BCUT2D eigenvalue weighted by Gasteiger charge is 2.54. The zero-order valence-electron chi connectivity index (χ0n) is 20.2. The Morgan fingerprint density at radius 1 is 1.40 bits per heavy atom. The number of H-pyrrole nitrogens is 1. The van der Waals surface area contributed by atoms with Gasteiger partial charge in [0, 0.05) is 11.1 Å². The van der Waals surface area contributed by atoms with Crippen molar-refractivity contribution in [3.63, 3.8) is 0 Å². The van der Waals surface area contributed by atoms with Crippen LogP contribution in [0.3, 0.4) is 0 Å². The molecule has 0 aromatic carbocycles. The minimum absolute atomic E-state index is 0.0396. The number of aromatic amines is 1. The summed E-state index contributed by atoms with van der Waals surface area (Å²) in [7, 11) is 1.24. The van der Waals surface area contributed by atoms with Crippen molar-refractivity contribution >= 4 is 69.7 Å². The van der Waals surface area contributed by atoms with Crippen LogP contribution >= 0.6 is 34.9 Å². The maximum atomic E-state index is 13.0. The van der Waals surface area contributed by atoms with E-state index in [1.807, 2.05) is 0 Å². The van der Waals surface area contributed by atoms with Crippen LogP contribution in [0.2, 0.25) is 0 Å². The number of carbonyl (C=O) groups is 3. The van der Waals surface area contributed by atoms with Gasteiger partial charge >= 0.3 is 17.1 Å². The number of hydrogen-bond donors (Lipinski definition) is 5. The molecule has 0 saturated carbocycles. The molecule has 0 spiro atoms. The van der Waals surface area contributed by atoms with Gasteiger partial charge in [-0.25, -0.2) is 14.9 Å². The summed E-state index contributed by atoms with van der Waals surface area (Å²) in [5, 5.41) is 35.9. The molecule has 2 aliphatic heterocycles. The summed E-state index contributed by atoms with van der Waals surface area (Å²) in [4.78, 5) is 71.4. The lowest BCUT2D eigenvalue weighted by atomic mass is 10.0. The molecule has 2 atom stereocenters. The molecule has 0 bridgehead atoms. The molecule has 2 unspecified atom stereocenters. The molecule has 4 rings (SSSR count). The van der Waals surface area contributed by atoms with Gasteiger partial charge in [0.25, 0.3) is 11.8 Å². The summed E-state index contributed by atoms with van der Waals surface area (Å²) in [5.41, 5.74) is 3.70. The van der Waals surface area contributed by atoms with E-state index in [1.54, 1.807) is 0 Å². The Hall–Kier alpha value is -4.43. The van der Waals surface area contributed by atoms with Gasteiger partial charge in [-0.3, -0.25) is 28.6 Å². The molecule has 1 fully saturated rings. The molecule has 0 aliphatic carbocycles. The van der Waals surface area contributed by atoms with Crippen LogP contribution in [-0.4, -0.2) is 89.0 Å². The zero-order valence-corrected chi connectivity index (χ0v) is 22.7. The SMILES string of the molecule is CO/N=C(\C(=O)NC1C(=O)N2C(C(=O)O)=C(/C=C/Sc3n[nH]c(=O)c(=O)n3C/C=N/O)CSC12)c1csc(N)n1. The number of thiazole rings is 1. The Morgan fingerprint density at radius 2 is 2.17 bits per heavy atom. The molecule has 1 saturated heterocycles. The third-order valence-corrected chi connectivity index (χ3v) is 8.13. The number of fused-ring (bicyclic) bond motifs is 1.